The van der Waals surface area contributed by atoms with Gasteiger partial charge in [0, 0.05) is 44.7 Å². The molecule has 1 heterocycles. The molecule has 1 N–H and O–H groups in total. The van der Waals surface area contributed by atoms with Crippen molar-refractivity contribution < 1.29 is 26.7 Å². The quantitative estimate of drug-likeness (QED) is 0.752. The summed E-state index contributed by atoms with van der Waals surface area (Å²) < 4.78 is 58.9. The number of carbonyl (C=O) groups excluding carboxylic acids is 1. The molecule has 1 fully saturated rings. The van der Waals surface area contributed by atoms with Crippen LogP contribution in [-0.4, -0.2) is 56.9 Å². The summed E-state index contributed by atoms with van der Waals surface area (Å²) >= 11 is 0. The standard InChI is InChI=1S/C19H25F2N3O4S/c1-24-18(25)8-7-16(22-24)13-3-5-15(6-4-13)28-12-14-11-19(20,21)10-9-17(14)23-29(2,26)27/h3-6,14,17,23H,7-12H2,1-2H3/t14-,17+/m1/s1. The molecule has 1 aromatic carbocycles. The van der Waals surface area contributed by atoms with Gasteiger partial charge in [-0.15, -0.1) is 0 Å². The van der Waals surface area contributed by atoms with Crippen LogP contribution in [0.15, 0.2) is 29.4 Å². The molecule has 0 aromatic heterocycles. The van der Waals surface area contributed by atoms with Gasteiger partial charge in [-0.25, -0.2) is 26.9 Å². The van der Waals surface area contributed by atoms with Gasteiger partial charge in [0.15, 0.2) is 0 Å². The second-order valence-electron chi connectivity index (χ2n) is 7.65. The van der Waals surface area contributed by atoms with Crippen molar-refractivity contribution in [2.45, 2.75) is 44.1 Å². The van der Waals surface area contributed by atoms with Crippen molar-refractivity contribution >= 4 is 21.6 Å². The van der Waals surface area contributed by atoms with Crippen molar-refractivity contribution in [1.29, 1.82) is 0 Å². The first kappa shape index (κ1) is 21.6. The zero-order chi connectivity index (χ0) is 21.2. The van der Waals surface area contributed by atoms with Crippen LogP contribution >= 0.6 is 0 Å². The highest BCUT2D eigenvalue weighted by Gasteiger charge is 2.42. The fourth-order valence-electron chi connectivity index (χ4n) is 3.66. The third kappa shape index (κ3) is 5.96. The van der Waals surface area contributed by atoms with Crippen LogP contribution in [0.2, 0.25) is 0 Å². The fourth-order valence-corrected chi connectivity index (χ4v) is 4.52. The number of hydrogen-bond acceptors (Lipinski definition) is 5. The molecule has 1 aliphatic carbocycles. The Balaban J connectivity index is 1.64. The van der Waals surface area contributed by atoms with Crippen LogP contribution in [0.3, 0.4) is 0 Å². The molecule has 0 saturated heterocycles. The molecule has 0 unspecified atom stereocenters. The zero-order valence-corrected chi connectivity index (χ0v) is 17.2. The first-order valence-electron chi connectivity index (χ1n) is 9.45. The SMILES string of the molecule is CN1N=C(c2ccc(OC[C@H]3CC(F)(F)CC[C@@H]3NS(C)(=O)=O)cc2)CCC1=O. The van der Waals surface area contributed by atoms with Crippen molar-refractivity contribution in [3.63, 3.8) is 0 Å². The molecule has 0 bridgehead atoms. The summed E-state index contributed by atoms with van der Waals surface area (Å²) in [5, 5.41) is 5.57. The number of benzene rings is 1. The number of ether oxygens (including phenoxy) is 1. The van der Waals surface area contributed by atoms with E-state index in [0.717, 1.165) is 17.5 Å². The maximum atomic E-state index is 13.8. The number of nitrogens with one attached hydrogen (secondary N) is 1. The lowest BCUT2D eigenvalue weighted by Gasteiger charge is -2.35. The normalized spacial score (nSPS) is 24.9. The minimum atomic E-state index is -3.49. The average molecular weight is 429 g/mol. The lowest BCUT2D eigenvalue weighted by molar-refractivity contribution is -0.130. The molecule has 7 nitrogen and oxygen atoms in total. The number of sulfonamides is 1. The highest BCUT2D eigenvalue weighted by molar-refractivity contribution is 7.88. The molecule has 2 atom stereocenters. The minimum absolute atomic E-state index is 0.0136. The summed E-state index contributed by atoms with van der Waals surface area (Å²) in [5.74, 6) is -2.98. The third-order valence-electron chi connectivity index (χ3n) is 5.18. The predicted octanol–water partition coefficient (Wildman–Crippen LogP) is 2.37. The van der Waals surface area contributed by atoms with Gasteiger partial charge >= 0.3 is 0 Å². The zero-order valence-electron chi connectivity index (χ0n) is 16.4. The summed E-state index contributed by atoms with van der Waals surface area (Å²) in [6, 6.07) is 6.47. The Morgan fingerprint density at radius 3 is 2.59 bits per heavy atom. The van der Waals surface area contributed by atoms with E-state index in [1.54, 1.807) is 31.3 Å². The van der Waals surface area contributed by atoms with Crippen molar-refractivity contribution in [3.8, 4) is 5.75 Å². The van der Waals surface area contributed by atoms with Crippen LogP contribution in [0, 0.1) is 5.92 Å². The molecule has 1 aliphatic heterocycles. The fraction of sp³-hybridized carbons (Fsp3) is 0.579. The molecule has 1 amide bonds. The Labute approximate surface area is 169 Å². The van der Waals surface area contributed by atoms with Gasteiger partial charge in [0.25, 0.3) is 0 Å². The number of alkyl halides is 2. The van der Waals surface area contributed by atoms with Crippen LogP contribution in [-0.2, 0) is 14.8 Å². The summed E-state index contributed by atoms with van der Waals surface area (Å²) in [5.41, 5.74) is 1.65. The summed E-state index contributed by atoms with van der Waals surface area (Å²) in [4.78, 5) is 11.5. The monoisotopic (exact) mass is 429 g/mol. The Morgan fingerprint density at radius 1 is 1.28 bits per heavy atom. The van der Waals surface area contributed by atoms with Crippen LogP contribution in [0.4, 0.5) is 8.78 Å². The Morgan fingerprint density at radius 2 is 1.97 bits per heavy atom. The van der Waals surface area contributed by atoms with Gasteiger partial charge < -0.3 is 4.74 Å². The highest BCUT2D eigenvalue weighted by atomic mass is 32.2. The molecule has 0 spiro atoms. The third-order valence-corrected chi connectivity index (χ3v) is 5.91. The number of hydrazone groups is 1. The lowest BCUT2D eigenvalue weighted by Crippen LogP contribution is -2.48. The van der Waals surface area contributed by atoms with Crippen molar-refractivity contribution in [2.75, 3.05) is 19.9 Å². The van der Waals surface area contributed by atoms with Gasteiger partial charge in [0.05, 0.1) is 18.6 Å². The second-order valence-corrected chi connectivity index (χ2v) is 9.43. The predicted molar refractivity (Wildman–Crippen MR) is 105 cm³/mol. The molecular formula is C19H25F2N3O4S. The van der Waals surface area contributed by atoms with Gasteiger partial charge in [-0.3, -0.25) is 4.79 Å². The maximum Gasteiger partial charge on any atom is 0.248 e. The summed E-state index contributed by atoms with van der Waals surface area (Å²) in [6.07, 6.45) is 1.28. The van der Waals surface area contributed by atoms with Crippen LogP contribution in [0.5, 0.6) is 5.75 Å². The number of hydrogen-bond donors (Lipinski definition) is 1. The number of carbonyl (C=O) groups is 1. The van der Waals surface area contributed by atoms with E-state index >= 15 is 0 Å². The van der Waals surface area contributed by atoms with Crippen molar-refractivity contribution in [2.24, 2.45) is 11.0 Å². The smallest absolute Gasteiger partial charge is 0.248 e. The van der Waals surface area contributed by atoms with E-state index in [9.17, 15) is 22.0 Å². The Hall–Kier alpha value is -2.07. The minimum Gasteiger partial charge on any atom is -0.493 e. The second kappa shape index (κ2) is 8.35. The number of nitrogens with zero attached hydrogens (tertiary/aromatic N) is 2. The van der Waals surface area contributed by atoms with E-state index in [1.165, 1.54) is 5.01 Å². The van der Waals surface area contributed by atoms with E-state index < -0.39 is 34.3 Å². The Kier molecular flexibility index (Phi) is 6.23. The topological polar surface area (TPSA) is 88.1 Å². The molecule has 0 radical (unpaired) electrons. The number of amides is 1. The van der Waals surface area contributed by atoms with Gasteiger partial charge in [-0.2, -0.15) is 5.10 Å². The van der Waals surface area contributed by atoms with E-state index in [-0.39, 0.29) is 25.4 Å². The molecule has 160 valence electrons. The first-order valence-corrected chi connectivity index (χ1v) is 11.3. The van der Waals surface area contributed by atoms with E-state index in [2.05, 4.69) is 9.82 Å². The lowest BCUT2D eigenvalue weighted by atomic mass is 9.83. The van der Waals surface area contributed by atoms with Gasteiger partial charge in [0.1, 0.15) is 5.75 Å². The molecule has 1 saturated carbocycles. The summed E-state index contributed by atoms with van der Waals surface area (Å²) in [7, 11) is -1.88. The van der Waals surface area contributed by atoms with Crippen molar-refractivity contribution in [1.82, 2.24) is 9.73 Å². The van der Waals surface area contributed by atoms with Crippen molar-refractivity contribution in [3.05, 3.63) is 29.8 Å². The van der Waals surface area contributed by atoms with E-state index in [4.69, 9.17) is 4.74 Å². The van der Waals surface area contributed by atoms with E-state index in [1.807, 2.05) is 0 Å². The van der Waals surface area contributed by atoms with E-state index in [0.29, 0.717) is 18.6 Å². The molecule has 10 heteroatoms. The van der Waals surface area contributed by atoms with Crippen LogP contribution < -0.4 is 9.46 Å². The molecular weight excluding hydrogens is 404 g/mol. The number of rotatable bonds is 6. The maximum absolute atomic E-state index is 13.8. The molecule has 29 heavy (non-hydrogen) atoms. The molecule has 1 aromatic rings. The first-order chi connectivity index (χ1) is 13.5. The van der Waals surface area contributed by atoms with Crippen LogP contribution in [0.25, 0.3) is 0 Å². The molecule has 2 aliphatic rings. The Bertz CT molecular complexity index is 887. The molecule has 3 rings (SSSR count). The average Bonchev–Trinajstić information content (AvgIpc) is 2.63. The van der Waals surface area contributed by atoms with Gasteiger partial charge in [0.2, 0.25) is 21.9 Å². The summed E-state index contributed by atoms with van der Waals surface area (Å²) in [6.45, 7) is -0.0136. The van der Waals surface area contributed by atoms with Crippen LogP contribution in [0.1, 0.15) is 37.7 Å². The van der Waals surface area contributed by atoms with Gasteiger partial charge in [-0.05, 0) is 36.2 Å². The highest BCUT2D eigenvalue weighted by Crippen LogP contribution is 2.37. The van der Waals surface area contributed by atoms with Gasteiger partial charge in [-0.1, -0.05) is 0 Å². The number of halogens is 2. The largest absolute Gasteiger partial charge is 0.493 e.